The quantitative estimate of drug-likeness (QED) is 0.747. The van der Waals surface area contributed by atoms with Gasteiger partial charge in [0.25, 0.3) is 0 Å². The second kappa shape index (κ2) is 7.06. The van der Waals surface area contributed by atoms with Gasteiger partial charge in [-0.25, -0.2) is 9.48 Å². The van der Waals surface area contributed by atoms with Crippen molar-refractivity contribution in [1.82, 2.24) is 9.78 Å². The highest BCUT2D eigenvalue weighted by Crippen LogP contribution is 2.27. The number of hydrogen-bond acceptors (Lipinski definition) is 3. The van der Waals surface area contributed by atoms with Gasteiger partial charge in [-0.2, -0.15) is 5.10 Å². The van der Waals surface area contributed by atoms with E-state index >= 15 is 0 Å². The van der Waals surface area contributed by atoms with Crippen LogP contribution in [0.4, 0.5) is 16.2 Å². The lowest BCUT2D eigenvalue weighted by Crippen LogP contribution is -2.19. The molecule has 24 heavy (non-hydrogen) atoms. The Balaban J connectivity index is 1.68. The summed E-state index contributed by atoms with van der Waals surface area (Å²) >= 11 is 5.95. The van der Waals surface area contributed by atoms with Crippen molar-refractivity contribution in [3.63, 3.8) is 0 Å². The van der Waals surface area contributed by atoms with E-state index < -0.39 is 0 Å². The lowest BCUT2D eigenvalue weighted by atomic mass is 10.3. The van der Waals surface area contributed by atoms with Crippen LogP contribution in [-0.2, 0) is 0 Å². The van der Waals surface area contributed by atoms with E-state index in [9.17, 15) is 4.79 Å². The summed E-state index contributed by atoms with van der Waals surface area (Å²) in [6.07, 6.45) is 3.55. The predicted molar refractivity (Wildman–Crippen MR) is 94.2 cm³/mol. The van der Waals surface area contributed by atoms with E-state index in [1.165, 1.54) is 7.11 Å². The number of hydrogen-bond donors (Lipinski definition) is 2. The lowest BCUT2D eigenvalue weighted by Gasteiger charge is -2.12. The monoisotopic (exact) mass is 342 g/mol. The fourth-order valence-electron chi connectivity index (χ4n) is 2.18. The van der Waals surface area contributed by atoms with Crippen molar-refractivity contribution in [2.45, 2.75) is 0 Å². The summed E-state index contributed by atoms with van der Waals surface area (Å²) in [6.45, 7) is 0. The minimum absolute atomic E-state index is 0.387. The summed E-state index contributed by atoms with van der Waals surface area (Å²) in [7, 11) is 1.53. The molecule has 0 aliphatic carbocycles. The Morgan fingerprint density at radius 1 is 1.17 bits per heavy atom. The number of aromatic nitrogens is 2. The third kappa shape index (κ3) is 3.67. The molecule has 3 aromatic rings. The number of urea groups is 1. The molecule has 0 fully saturated rings. The van der Waals surface area contributed by atoms with Gasteiger partial charge < -0.3 is 15.4 Å². The van der Waals surface area contributed by atoms with Crippen molar-refractivity contribution >= 4 is 29.0 Å². The van der Waals surface area contributed by atoms with Gasteiger partial charge in [0, 0.05) is 23.1 Å². The average molecular weight is 343 g/mol. The minimum Gasteiger partial charge on any atom is -0.495 e. The molecule has 122 valence electrons. The number of carbonyl (C=O) groups is 1. The van der Waals surface area contributed by atoms with Crippen LogP contribution in [0.1, 0.15) is 0 Å². The molecule has 2 aromatic carbocycles. The molecule has 0 bridgehead atoms. The van der Waals surface area contributed by atoms with Gasteiger partial charge in [-0.05, 0) is 48.5 Å². The number of nitrogens with zero attached hydrogens (tertiary/aromatic N) is 2. The molecule has 1 aromatic heterocycles. The van der Waals surface area contributed by atoms with Gasteiger partial charge in [-0.15, -0.1) is 0 Å². The summed E-state index contributed by atoms with van der Waals surface area (Å²) < 4.78 is 6.93. The van der Waals surface area contributed by atoms with Gasteiger partial charge in [0.05, 0.1) is 18.5 Å². The van der Waals surface area contributed by atoms with Crippen LogP contribution in [0.15, 0.2) is 60.9 Å². The fourth-order valence-corrected chi connectivity index (χ4v) is 2.35. The van der Waals surface area contributed by atoms with E-state index in [2.05, 4.69) is 15.7 Å². The second-order valence-electron chi connectivity index (χ2n) is 4.92. The van der Waals surface area contributed by atoms with Gasteiger partial charge in [0.15, 0.2) is 0 Å². The van der Waals surface area contributed by atoms with Crippen LogP contribution >= 0.6 is 11.6 Å². The van der Waals surface area contributed by atoms with Gasteiger partial charge in [0.1, 0.15) is 5.75 Å². The maximum atomic E-state index is 12.1. The van der Waals surface area contributed by atoms with Crippen molar-refractivity contribution in [1.29, 1.82) is 0 Å². The summed E-state index contributed by atoms with van der Waals surface area (Å²) in [6, 6.07) is 13.8. The summed E-state index contributed by atoms with van der Waals surface area (Å²) in [5, 5.41) is 10.1. The maximum Gasteiger partial charge on any atom is 0.323 e. The van der Waals surface area contributed by atoms with E-state index in [4.69, 9.17) is 16.3 Å². The van der Waals surface area contributed by atoms with Crippen LogP contribution < -0.4 is 15.4 Å². The van der Waals surface area contributed by atoms with Gasteiger partial charge in [0.2, 0.25) is 0 Å². The summed E-state index contributed by atoms with van der Waals surface area (Å²) in [4.78, 5) is 12.1. The molecule has 0 saturated carbocycles. The summed E-state index contributed by atoms with van der Waals surface area (Å²) in [5.74, 6) is 0.531. The number of rotatable bonds is 4. The highest BCUT2D eigenvalue weighted by atomic mass is 35.5. The van der Waals surface area contributed by atoms with E-state index in [0.29, 0.717) is 22.1 Å². The lowest BCUT2D eigenvalue weighted by molar-refractivity contribution is 0.262. The molecular formula is C17H15ClN4O2. The Bertz CT molecular complexity index is 832. The Labute approximate surface area is 144 Å². The van der Waals surface area contributed by atoms with E-state index in [1.807, 2.05) is 24.4 Å². The molecule has 3 rings (SSSR count). The topological polar surface area (TPSA) is 68.2 Å². The van der Waals surface area contributed by atoms with Crippen LogP contribution in [0.25, 0.3) is 5.69 Å². The Hall–Kier alpha value is -2.99. The van der Waals surface area contributed by atoms with Crippen LogP contribution in [0.3, 0.4) is 0 Å². The molecule has 0 unspecified atom stereocenters. The zero-order valence-electron chi connectivity index (χ0n) is 12.9. The van der Waals surface area contributed by atoms with Gasteiger partial charge in [-0.3, -0.25) is 0 Å². The first-order chi connectivity index (χ1) is 11.7. The first-order valence-electron chi connectivity index (χ1n) is 7.17. The third-order valence-corrected chi connectivity index (χ3v) is 3.54. The maximum absolute atomic E-state index is 12.1. The first-order valence-corrected chi connectivity index (χ1v) is 7.55. The van der Waals surface area contributed by atoms with Crippen LogP contribution in [0.2, 0.25) is 5.02 Å². The highest BCUT2D eigenvalue weighted by Gasteiger charge is 2.08. The molecule has 2 N–H and O–H groups in total. The molecule has 7 heteroatoms. The highest BCUT2D eigenvalue weighted by molar-refractivity contribution is 6.31. The largest absolute Gasteiger partial charge is 0.495 e. The number of anilines is 2. The average Bonchev–Trinajstić information content (AvgIpc) is 3.10. The van der Waals surface area contributed by atoms with E-state index in [1.54, 1.807) is 41.2 Å². The first kappa shape index (κ1) is 15.9. The van der Waals surface area contributed by atoms with Crippen molar-refractivity contribution in [3.05, 3.63) is 65.9 Å². The molecule has 0 radical (unpaired) electrons. The number of nitrogens with one attached hydrogen (secondary N) is 2. The van der Waals surface area contributed by atoms with Crippen molar-refractivity contribution < 1.29 is 9.53 Å². The van der Waals surface area contributed by atoms with E-state index in [0.717, 1.165) is 5.69 Å². The summed E-state index contributed by atoms with van der Waals surface area (Å²) in [5.41, 5.74) is 2.06. The molecular weight excluding hydrogens is 328 g/mol. The Kier molecular flexibility index (Phi) is 4.67. The van der Waals surface area contributed by atoms with E-state index in [-0.39, 0.29) is 6.03 Å². The van der Waals surface area contributed by atoms with Gasteiger partial charge in [-0.1, -0.05) is 11.6 Å². The normalized spacial score (nSPS) is 10.2. The number of halogens is 1. The Morgan fingerprint density at radius 2 is 1.96 bits per heavy atom. The number of ether oxygens (including phenoxy) is 1. The minimum atomic E-state index is -0.387. The molecule has 0 saturated heterocycles. The van der Waals surface area contributed by atoms with Crippen LogP contribution in [0.5, 0.6) is 5.75 Å². The fraction of sp³-hybridized carbons (Fsp3) is 0.0588. The SMILES string of the molecule is COc1ccc(Cl)cc1NC(=O)Nc1ccc(-n2cccn2)cc1. The zero-order chi connectivity index (χ0) is 16.9. The second-order valence-corrected chi connectivity index (χ2v) is 5.36. The van der Waals surface area contributed by atoms with Crippen molar-refractivity contribution in [2.75, 3.05) is 17.7 Å². The standard InChI is InChI=1S/C17H15ClN4O2/c1-24-16-8-3-12(18)11-15(16)21-17(23)20-13-4-6-14(7-5-13)22-10-2-9-19-22/h2-11H,1H3,(H2,20,21,23). The zero-order valence-corrected chi connectivity index (χ0v) is 13.6. The van der Waals surface area contributed by atoms with Crippen LogP contribution in [-0.4, -0.2) is 22.9 Å². The number of carbonyl (C=O) groups excluding carboxylic acids is 1. The number of benzene rings is 2. The number of methoxy groups -OCH3 is 1. The molecule has 0 atom stereocenters. The molecule has 2 amide bonds. The smallest absolute Gasteiger partial charge is 0.323 e. The number of amides is 2. The Morgan fingerprint density at radius 3 is 2.62 bits per heavy atom. The predicted octanol–water partition coefficient (Wildman–Crippen LogP) is 4.18. The van der Waals surface area contributed by atoms with Crippen molar-refractivity contribution in [2.24, 2.45) is 0 Å². The van der Waals surface area contributed by atoms with Crippen LogP contribution in [0, 0.1) is 0 Å². The molecule has 0 aliphatic rings. The van der Waals surface area contributed by atoms with Crippen molar-refractivity contribution in [3.8, 4) is 11.4 Å². The van der Waals surface area contributed by atoms with Gasteiger partial charge >= 0.3 is 6.03 Å². The molecule has 1 heterocycles. The molecule has 6 nitrogen and oxygen atoms in total. The third-order valence-electron chi connectivity index (χ3n) is 3.30. The molecule has 0 spiro atoms. The molecule has 0 aliphatic heterocycles.